The number of carbonyl (C=O) groups excluding carboxylic acids is 1. The van der Waals surface area contributed by atoms with Crippen LogP contribution in [-0.4, -0.2) is 51.2 Å². The minimum absolute atomic E-state index is 0.0461. The summed E-state index contributed by atoms with van der Waals surface area (Å²) in [7, 11) is 1.64. The maximum absolute atomic E-state index is 12.7. The molecule has 1 amide bonds. The lowest BCUT2D eigenvalue weighted by Gasteiger charge is -2.33. The molecular weight excluding hydrogens is 356 g/mol. The summed E-state index contributed by atoms with van der Waals surface area (Å²) >= 11 is 0. The predicted molar refractivity (Wildman–Crippen MR) is 105 cm³/mol. The number of nitrogens with one attached hydrogen (secondary N) is 1. The van der Waals surface area contributed by atoms with Crippen molar-refractivity contribution in [1.29, 1.82) is 0 Å². The lowest BCUT2D eigenvalue weighted by molar-refractivity contribution is 0.0700. The number of aromatic amines is 1. The minimum atomic E-state index is -0.0461. The van der Waals surface area contributed by atoms with E-state index in [9.17, 15) is 4.79 Å². The highest BCUT2D eigenvalue weighted by Gasteiger charge is 2.29. The fraction of sp³-hybridized carbons (Fsp3) is 0.300. The number of ether oxygens (including phenoxy) is 1. The highest BCUT2D eigenvalue weighted by atomic mass is 16.5. The van der Waals surface area contributed by atoms with Gasteiger partial charge in [-0.3, -0.25) is 9.89 Å². The molecule has 0 aliphatic carbocycles. The molecule has 3 heterocycles. The van der Waals surface area contributed by atoms with Gasteiger partial charge in [-0.2, -0.15) is 5.10 Å². The van der Waals surface area contributed by atoms with Crippen LogP contribution in [0.1, 0.15) is 34.9 Å². The first-order chi connectivity index (χ1) is 13.7. The number of aromatic nitrogens is 4. The molecule has 0 saturated carbocycles. The van der Waals surface area contributed by atoms with E-state index in [-0.39, 0.29) is 17.8 Å². The number of likely N-dealkylation sites (tertiary alicyclic amines) is 1. The molecule has 1 atom stereocenters. The lowest BCUT2D eigenvalue weighted by atomic mass is 9.89. The highest BCUT2D eigenvalue weighted by molar-refractivity contribution is 5.92. The molecule has 0 radical (unpaired) electrons. The van der Waals surface area contributed by atoms with Gasteiger partial charge < -0.3 is 15.4 Å². The highest BCUT2D eigenvalue weighted by Crippen LogP contribution is 2.34. The molecule has 8 nitrogen and oxygen atoms in total. The van der Waals surface area contributed by atoms with E-state index >= 15 is 0 Å². The van der Waals surface area contributed by atoms with Crippen LogP contribution in [0, 0.1) is 0 Å². The van der Waals surface area contributed by atoms with Gasteiger partial charge in [-0.15, -0.1) is 0 Å². The Morgan fingerprint density at radius 2 is 2.11 bits per heavy atom. The van der Waals surface area contributed by atoms with Crippen LogP contribution in [0.2, 0.25) is 0 Å². The number of carbonyl (C=O) groups is 1. The second-order valence-corrected chi connectivity index (χ2v) is 6.82. The third-order valence-corrected chi connectivity index (χ3v) is 5.06. The standard InChI is InChI=1S/C20H22N6O2/c1-28-15-6-4-13(5-7-15)16-11-22-20(21)24-18(16)14-3-2-10-26(12-14)19(27)17-8-9-23-25-17/h4-9,11,14H,2-3,10,12H2,1H3,(H,23,25)(H2,21,22,24)/t14-/m1/s1. The van der Waals surface area contributed by atoms with Gasteiger partial charge in [-0.05, 0) is 36.6 Å². The van der Waals surface area contributed by atoms with Gasteiger partial charge in [0.2, 0.25) is 5.95 Å². The third-order valence-electron chi connectivity index (χ3n) is 5.06. The first-order valence-electron chi connectivity index (χ1n) is 9.21. The second-order valence-electron chi connectivity index (χ2n) is 6.82. The maximum Gasteiger partial charge on any atom is 0.271 e. The summed E-state index contributed by atoms with van der Waals surface area (Å²) in [5.41, 5.74) is 9.19. The third kappa shape index (κ3) is 3.53. The van der Waals surface area contributed by atoms with E-state index in [0.717, 1.165) is 35.4 Å². The second kappa shape index (κ2) is 7.67. The lowest BCUT2D eigenvalue weighted by Crippen LogP contribution is -2.39. The Morgan fingerprint density at radius 1 is 1.29 bits per heavy atom. The van der Waals surface area contributed by atoms with Crippen LogP contribution in [-0.2, 0) is 0 Å². The summed E-state index contributed by atoms with van der Waals surface area (Å²) in [5, 5.41) is 6.62. The van der Waals surface area contributed by atoms with Gasteiger partial charge in [0.05, 0.1) is 12.8 Å². The molecule has 3 N–H and O–H groups in total. The molecule has 8 heteroatoms. The van der Waals surface area contributed by atoms with Gasteiger partial charge in [0.25, 0.3) is 5.91 Å². The summed E-state index contributed by atoms with van der Waals surface area (Å²) in [5.74, 6) is 1.07. The van der Waals surface area contributed by atoms with Gasteiger partial charge in [-0.1, -0.05) is 12.1 Å². The molecule has 0 spiro atoms. The molecule has 144 valence electrons. The predicted octanol–water partition coefficient (Wildman–Crippen LogP) is 2.48. The van der Waals surface area contributed by atoms with Gasteiger partial charge in [-0.25, -0.2) is 9.97 Å². The quantitative estimate of drug-likeness (QED) is 0.722. The monoisotopic (exact) mass is 378 g/mol. The molecule has 28 heavy (non-hydrogen) atoms. The van der Waals surface area contributed by atoms with Crippen molar-refractivity contribution < 1.29 is 9.53 Å². The Kier molecular flexibility index (Phi) is 4.92. The molecule has 1 aliphatic rings. The van der Waals surface area contributed by atoms with E-state index in [1.807, 2.05) is 29.2 Å². The summed E-state index contributed by atoms with van der Waals surface area (Å²) in [6.07, 6.45) is 5.18. The molecule has 1 aromatic carbocycles. The largest absolute Gasteiger partial charge is 0.497 e. The first-order valence-corrected chi connectivity index (χ1v) is 9.21. The van der Waals surface area contributed by atoms with Crippen molar-refractivity contribution >= 4 is 11.9 Å². The Labute approximate surface area is 162 Å². The Hall–Kier alpha value is -3.42. The SMILES string of the molecule is COc1ccc(-c2cnc(N)nc2[C@@H]2CCCN(C(=O)c3ccn[nH]3)C2)cc1. The topological polar surface area (TPSA) is 110 Å². The van der Waals surface area contributed by atoms with Crippen LogP contribution in [0.4, 0.5) is 5.95 Å². The van der Waals surface area contributed by atoms with E-state index in [1.165, 1.54) is 0 Å². The van der Waals surface area contributed by atoms with E-state index in [2.05, 4.69) is 20.2 Å². The number of anilines is 1. The number of nitrogens with two attached hydrogens (primary N) is 1. The van der Waals surface area contributed by atoms with E-state index in [0.29, 0.717) is 18.8 Å². The maximum atomic E-state index is 12.7. The summed E-state index contributed by atoms with van der Waals surface area (Å²) < 4.78 is 5.24. The van der Waals surface area contributed by atoms with Gasteiger partial charge in [0, 0.05) is 37.0 Å². The average Bonchev–Trinajstić information content (AvgIpc) is 3.28. The number of amides is 1. The number of rotatable bonds is 4. The number of methoxy groups -OCH3 is 1. The molecule has 2 aromatic heterocycles. The van der Waals surface area contributed by atoms with Gasteiger partial charge >= 0.3 is 0 Å². The molecule has 1 aliphatic heterocycles. The fourth-order valence-electron chi connectivity index (χ4n) is 3.64. The molecular formula is C20H22N6O2. The van der Waals surface area contributed by atoms with Crippen molar-refractivity contribution in [2.45, 2.75) is 18.8 Å². The van der Waals surface area contributed by atoms with Gasteiger partial charge in [0.1, 0.15) is 11.4 Å². The normalized spacial score (nSPS) is 16.8. The zero-order valence-corrected chi connectivity index (χ0v) is 15.6. The smallest absolute Gasteiger partial charge is 0.271 e. The van der Waals surface area contributed by atoms with Crippen molar-refractivity contribution in [3.63, 3.8) is 0 Å². The van der Waals surface area contributed by atoms with E-state index < -0.39 is 0 Å². The summed E-state index contributed by atoms with van der Waals surface area (Å²) in [4.78, 5) is 23.3. The van der Waals surface area contributed by atoms with Crippen LogP contribution in [0.5, 0.6) is 5.75 Å². The van der Waals surface area contributed by atoms with Crippen molar-refractivity contribution in [3.05, 3.63) is 54.1 Å². The number of hydrogen-bond donors (Lipinski definition) is 2. The Morgan fingerprint density at radius 3 is 2.82 bits per heavy atom. The summed E-state index contributed by atoms with van der Waals surface area (Å²) in [6, 6.07) is 9.47. The molecule has 3 aromatic rings. The number of piperidine rings is 1. The number of benzene rings is 1. The van der Waals surface area contributed by atoms with Crippen molar-refractivity contribution in [3.8, 4) is 16.9 Å². The average molecular weight is 378 g/mol. The van der Waals surface area contributed by atoms with Crippen LogP contribution in [0.25, 0.3) is 11.1 Å². The van der Waals surface area contributed by atoms with Crippen molar-refractivity contribution in [2.24, 2.45) is 0 Å². The van der Waals surface area contributed by atoms with Crippen LogP contribution in [0.15, 0.2) is 42.7 Å². The first kappa shape index (κ1) is 18.0. The van der Waals surface area contributed by atoms with Crippen molar-refractivity contribution in [2.75, 3.05) is 25.9 Å². The number of nitrogens with zero attached hydrogens (tertiary/aromatic N) is 4. The number of hydrogen-bond acceptors (Lipinski definition) is 6. The molecule has 1 saturated heterocycles. The van der Waals surface area contributed by atoms with Crippen LogP contribution < -0.4 is 10.5 Å². The summed E-state index contributed by atoms with van der Waals surface area (Å²) in [6.45, 7) is 1.30. The van der Waals surface area contributed by atoms with Gasteiger partial charge in [0.15, 0.2) is 0 Å². The molecule has 1 fully saturated rings. The number of nitrogen functional groups attached to an aromatic ring is 1. The Bertz CT molecular complexity index is 955. The zero-order chi connectivity index (χ0) is 19.5. The molecule has 0 unspecified atom stereocenters. The number of H-pyrrole nitrogens is 1. The van der Waals surface area contributed by atoms with Crippen molar-refractivity contribution in [1.82, 2.24) is 25.1 Å². The van der Waals surface area contributed by atoms with Crippen LogP contribution in [0.3, 0.4) is 0 Å². The van der Waals surface area contributed by atoms with E-state index in [4.69, 9.17) is 10.5 Å². The zero-order valence-electron chi connectivity index (χ0n) is 15.6. The molecule has 4 rings (SSSR count). The van der Waals surface area contributed by atoms with E-state index in [1.54, 1.807) is 25.6 Å². The Balaban J connectivity index is 1.64. The molecule has 0 bridgehead atoms. The fourth-order valence-corrected chi connectivity index (χ4v) is 3.64. The van der Waals surface area contributed by atoms with Crippen LogP contribution >= 0.6 is 0 Å². The minimum Gasteiger partial charge on any atom is -0.497 e.